The molecule has 1 heterocycles. The highest BCUT2D eigenvalue weighted by atomic mass is 19.1. The Balaban J connectivity index is 2.01. The third-order valence-corrected chi connectivity index (χ3v) is 4.79. The maximum Gasteiger partial charge on any atom is 0.417 e. The van der Waals surface area contributed by atoms with Crippen LogP contribution in [0.2, 0.25) is 0 Å². The van der Waals surface area contributed by atoms with Crippen LogP contribution in [0.3, 0.4) is 0 Å². The Morgan fingerprint density at radius 1 is 1.22 bits per heavy atom. The van der Waals surface area contributed by atoms with Gasteiger partial charge in [0.25, 0.3) is 5.91 Å². The number of amides is 3. The van der Waals surface area contributed by atoms with Crippen molar-refractivity contribution in [2.75, 3.05) is 0 Å². The van der Waals surface area contributed by atoms with Crippen molar-refractivity contribution in [1.82, 2.24) is 10.2 Å². The van der Waals surface area contributed by atoms with Crippen LogP contribution >= 0.6 is 0 Å². The fourth-order valence-corrected chi connectivity index (χ4v) is 3.27. The highest BCUT2D eigenvalue weighted by Gasteiger charge is 2.61. The number of alkyl halides is 1. The SMILES string of the molecule is CC(C)(C)OC(=O)N1C(=O)C(C)(F)[C@H](NC(=O)C2CC2)C1c1ccccc1. The summed E-state index contributed by atoms with van der Waals surface area (Å²) in [5, 5.41) is 2.67. The molecule has 6 nitrogen and oxygen atoms in total. The van der Waals surface area contributed by atoms with Gasteiger partial charge in [0, 0.05) is 5.92 Å². The molecule has 1 aliphatic carbocycles. The summed E-state index contributed by atoms with van der Waals surface area (Å²) in [5.41, 5.74) is -2.72. The quantitative estimate of drug-likeness (QED) is 0.879. The summed E-state index contributed by atoms with van der Waals surface area (Å²) in [6, 6.07) is 6.49. The van der Waals surface area contributed by atoms with E-state index in [9.17, 15) is 14.4 Å². The Morgan fingerprint density at radius 2 is 1.81 bits per heavy atom. The molecule has 2 aliphatic rings. The number of benzene rings is 1. The lowest BCUT2D eigenvalue weighted by atomic mass is 9.92. The summed E-state index contributed by atoms with van der Waals surface area (Å²) < 4.78 is 20.8. The molecule has 1 aromatic carbocycles. The third kappa shape index (κ3) is 3.82. The summed E-state index contributed by atoms with van der Waals surface area (Å²) in [5.74, 6) is -1.45. The van der Waals surface area contributed by atoms with Gasteiger partial charge in [0.05, 0.1) is 12.1 Å². The van der Waals surface area contributed by atoms with Gasteiger partial charge in [-0.2, -0.15) is 0 Å². The van der Waals surface area contributed by atoms with Crippen molar-refractivity contribution in [3.8, 4) is 0 Å². The molecule has 2 unspecified atom stereocenters. The van der Waals surface area contributed by atoms with Crippen LogP contribution < -0.4 is 5.32 Å². The standard InChI is InChI=1S/C20H25FN2O4/c1-19(2,3)27-18(26)23-14(12-8-6-5-7-9-12)15(20(4,21)17(23)25)22-16(24)13-10-11-13/h5-9,13-15H,10-11H2,1-4H3,(H,22,24)/t14?,15-,20?/m1/s1. The number of halogens is 1. The van der Waals surface area contributed by atoms with Gasteiger partial charge < -0.3 is 10.1 Å². The zero-order valence-electron chi connectivity index (χ0n) is 16.0. The van der Waals surface area contributed by atoms with Crippen LogP contribution in [0.4, 0.5) is 9.18 Å². The Morgan fingerprint density at radius 3 is 2.33 bits per heavy atom. The largest absolute Gasteiger partial charge is 0.443 e. The molecule has 146 valence electrons. The number of hydrogen-bond donors (Lipinski definition) is 1. The molecule has 1 saturated carbocycles. The first-order chi connectivity index (χ1) is 12.5. The van der Waals surface area contributed by atoms with Gasteiger partial charge in [0.1, 0.15) is 5.60 Å². The van der Waals surface area contributed by atoms with E-state index >= 15 is 4.39 Å². The molecule has 3 atom stereocenters. The summed E-state index contributed by atoms with van der Waals surface area (Å²) in [4.78, 5) is 38.7. The third-order valence-electron chi connectivity index (χ3n) is 4.79. The fourth-order valence-electron chi connectivity index (χ4n) is 3.27. The van der Waals surface area contributed by atoms with Gasteiger partial charge in [-0.05, 0) is 46.1 Å². The van der Waals surface area contributed by atoms with Gasteiger partial charge in [-0.3, -0.25) is 9.59 Å². The van der Waals surface area contributed by atoms with Crippen molar-refractivity contribution in [3.05, 3.63) is 35.9 Å². The number of ether oxygens (including phenoxy) is 1. The molecule has 1 aliphatic heterocycles. The van der Waals surface area contributed by atoms with Crippen molar-refractivity contribution < 1.29 is 23.5 Å². The molecule has 3 amide bonds. The predicted octanol–water partition coefficient (Wildman–Crippen LogP) is 3.13. The van der Waals surface area contributed by atoms with Crippen molar-refractivity contribution >= 4 is 17.9 Å². The lowest BCUT2D eigenvalue weighted by molar-refractivity contribution is -0.137. The molecule has 7 heteroatoms. The molecule has 1 N–H and O–H groups in total. The topological polar surface area (TPSA) is 75.7 Å². The monoisotopic (exact) mass is 376 g/mol. The second kappa shape index (κ2) is 6.62. The van der Waals surface area contributed by atoms with Crippen LogP contribution in [0.5, 0.6) is 0 Å². The summed E-state index contributed by atoms with van der Waals surface area (Å²) in [6.07, 6.45) is 0.580. The zero-order chi connectivity index (χ0) is 20.0. The van der Waals surface area contributed by atoms with E-state index in [0.717, 1.165) is 24.7 Å². The van der Waals surface area contributed by atoms with Crippen molar-refractivity contribution in [3.63, 3.8) is 0 Å². The van der Waals surface area contributed by atoms with Gasteiger partial charge in [-0.15, -0.1) is 0 Å². The second-order valence-corrected chi connectivity index (χ2v) is 8.35. The smallest absolute Gasteiger partial charge is 0.417 e. The molecule has 1 aromatic rings. The predicted molar refractivity (Wildman–Crippen MR) is 96.4 cm³/mol. The molecule has 0 bridgehead atoms. The Hall–Kier alpha value is -2.44. The molecule has 1 saturated heterocycles. The fraction of sp³-hybridized carbons (Fsp3) is 0.550. The number of likely N-dealkylation sites (tertiary alicyclic amines) is 1. The van der Waals surface area contributed by atoms with Crippen LogP contribution in [0.1, 0.15) is 52.1 Å². The van der Waals surface area contributed by atoms with Gasteiger partial charge >= 0.3 is 6.09 Å². The van der Waals surface area contributed by atoms with Crippen molar-refractivity contribution in [1.29, 1.82) is 0 Å². The summed E-state index contributed by atoms with van der Waals surface area (Å²) in [6.45, 7) is 6.12. The van der Waals surface area contributed by atoms with E-state index in [0.29, 0.717) is 5.56 Å². The molecular formula is C20H25FN2O4. The van der Waals surface area contributed by atoms with Crippen LogP contribution in [0.25, 0.3) is 0 Å². The molecule has 0 radical (unpaired) electrons. The first-order valence-corrected chi connectivity index (χ1v) is 9.13. The van der Waals surface area contributed by atoms with Gasteiger partial charge in [0.2, 0.25) is 11.6 Å². The lowest BCUT2D eigenvalue weighted by Gasteiger charge is -2.30. The van der Waals surface area contributed by atoms with Crippen LogP contribution in [0.15, 0.2) is 30.3 Å². The highest BCUT2D eigenvalue weighted by Crippen LogP contribution is 2.43. The lowest BCUT2D eigenvalue weighted by Crippen LogP contribution is -2.50. The molecule has 2 fully saturated rings. The summed E-state index contributed by atoms with van der Waals surface area (Å²) >= 11 is 0. The molecule has 0 spiro atoms. The summed E-state index contributed by atoms with van der Waals surface area (Å²) in [7, 11) is 0. The van der Waals surface area contributed by atoms with Crippen molar-refractivity contribution in [2.45, 2.75) is 63.9 Å². The molecule has 27 heavy (non-hydrogen) atoms. The number of rotatable bonds is 3. The van der Waals surface area contributed by atoms with Crippen LogP contribution in [0, 0.1) is 5.92 Å². The first kappa shape index (κ1) is 19.3. The maximum absolute atomic E-state index is 15.5. The van der Waals surface area contributed by atoms with E-state index in [-0.39, 0.29) is 11.8 Å². The van der Waals surface area contributed by atoms with E-state index in [4.69, 9.17) is 4.74 Å². The van der Waals surface area contributed by atoms with E-state index in [2.05, 4.69) is 5.32 Å². The number of carbonyl (C=O) groups excluding carboxylic acids is 3. The van der Waals surface area contributed by atoms with Crippen molar-refractivity contribution in [2.24, 2.45) is 5.92 Å². The minimum absolute atomic E-state index is 0.150. The Kier molecular flexibility index (Phi) is 4.74. The van der Waals surface area contributed by atoms with Crippen LogP contribution in [-0.4, -0.2) is 40.1 Å². The van der Waals surface area contributed by atoms with Crippen LogP contribution in [-0.2, 0) is 14.3 Å². The molecule has 0 aromatic heterocycles. The minimum Gasteiger partial charge on any atom is -0.443 e. The number of hydrogen-bond acceptors (Lipinski definition) is 4. The molecule has 3 rings (SSSR count). The highest BCUT2D eigenvalue weighted by molar-refractivity contribution is 6.01. The van der Waals surface area contributed by atoms with E-state index in [1.165, 1.54) is 0 Å². The second-order valence-electron chi connectivity index (χ2n) is 8.35. The maximum atomic E-state index is 15.5. The van der Waals surface area contributed by atoms with Gasteiger partial charge in [-0.1, -0.05) is 30.3 Å². The van der Waals surface area contributed by atoms with E-state index in [1.54, 1.807) is 51.1 Å². The van der Waals surface area contributed by atoms with Gasteiger partial charge in [-0.25, -0.2) is 14.1 Å². The number of carbonyl (C=O) groups is 3. The van der Waals surface area contributed by atoms with Gasteiger partial charge in [0.15, 0.2) is 0 Å². The van der Waals surface area contributed by atoms with E-state index in [1.807, 2.05) is 0 Å². The average molecular weight is 376 g/mol. The minimum atomic E-state index is -2.43. The average Bonchev–Trinajstić information content (AvgIpc) is 3.38. The van der Waals surface area contributed by atoms with E-state index < -0.39 is 35.4 Å². The normalized spacial score (nSPS) is 28.2. The number of nitrogens with one attached hydrogen (secondary N) is 1. The first-order valence-electron chi connectivity index (χ1n) is 9.13. The Labute approximate surface area is 158 Å². The zero-order valence-corrected chi connectivity index (χ0v) is 16.0. The number of nitrogens with zero attached hydrogens (tertiary/aromatic N) is 1. The number of imide groups is 1. The molecular weight excluding hydrogens is 351 g/mol. The Bertz CT molecular complexity index is 753.